The van der Waals surface area contributed by atoms with E-state index in [2.05, 4.69) is 57.2 Å². The molecule has 0 spiro atoms. The molecule has 0 saturated heterocycles. The molecule has 0 heterocycles. The lowest BCUT2D eigenvalue weighted by Gasteiger charge is -2.26. The zero-order valence-electron chi connectivity index (χ0n) is 23.8. The summed E-state index contributed by atoms with van der Waals surface area (Å²) in [5, 5.41) is 9.25. The molecule has 8 heteroatoms. The predicted octanol–water partition coefficient (Wildman–Crippen LogP) is 10.7. The number of aryl methyl sites for hydroxylation is 1. The molecule has 0 radical (unpaired) electrons. The molecule has 0 aromatic heterocycles. The molecule has 42 heavy (non-hydrogen) atoms. The molecule has 0 bridgehead atoms. The summed E-state index contributed by atoms with van der Waals surface area (Å²) in [6, 6.07) is 44.1. The van der Waals surface area contributed by atoms with Gasteiger partial charge in [0.15, 0.2) is 0 Å². The van der Waals surface area contributed by atoms with Crippen LogP contribution in [0.15, 0.2) is 144 Å². The molecule has 0 amide bonds. The van der Waals surface area contributed by atoms with Crippen molar-refractivity contribution in [3.63, 3.8) is 0 Å². The highest BCUT2D eigenvalue weighted by atomic mass is 31.2. The number of rotatable bonds is 11. The highest BCUT2D eigenvalue weighted by Crippen LogP contribution is 2.56. The minimum Gasteiger partial charge on any atom is -0.432 e. The lowest BCUT2D eigenvalue weighted by Crippen LogP contribution is -2.18. The molecule has 214 valence electrons. The van der Waals surface area contributed by atoms with Gasteiger partial charge in [0.25, 0.3) is 0 Å². The first-order valence-electron chi connectivity index (χ1n) is 13.6. The van der Waals surface area contributed by atoms with Crippen LogP contribution in [-0.4, -0.2) is 0 Å². The van der Waals surface area contributed by atoms with Crippen molar-refractivity contribution < 1.29 is 18.1 Å². The number of nitrogens with zero attached hydrogens (tertiary/aromatic N) is 1. The van der Waals surface area contributed by atoms with E-state index in [9.17, 15) is 5.16 Å². The van der Waals surface area contributed by atoms with Gasteiger partial charge in [0.1, 0.15) is 23.0 Å². The monoisotopic (exact) mass is 596 g/mol. The van der Waals surface area contributed by atoms with Gasteiger partial charge in [-0.15, -0.1) is 4.52 Å². The second-order valence-corrected chi connectivity index (χ2v) is 13.4. The van der Waals surface area contributed by atoms with Crippen LogP contribution < -0.4 is 18.1 Å². The summed E-state index contributed by atoms with van der Waals surface area (Å²) < 4.78 is 29.4. The van der Waals surface area contributed by atoms with Gasteiger partial charge < -0.3 is 18.1 Å². The van der Waals surface area contributed by atoms with Gasteiger partial charge in [-0.3, -0.25) is 0 Å². The van der Waals surface area contributed by atoms with E-state index in [0.717, 1.165) is 5.56 Å². The van der Waals surface area contributed by atoms with Gasteiger partial charge in [0, 0.05) is 5.41 Å². The summed E-state index contributed by atoms with van der Waals surface area (Å²) in [6.45, 7) is 6.50. The second-order valence-electron chi connectivity index (χ2n) is 10.2. The fraction of sp³-hybridized carbons (Fsp3) is 0.118. The summed E-state index contributed by atoms with van der Waals surface area (Å²) >= 11 is 0. The van der Waals surface area contributed by atoms with Gasteiger partial charge in [-0.25, -0.2) is 5.16 Å². The molecule has 0 aliphatic rings. The van der Waals surface area contributed by atoms with Crippen LogP contribution >= 0.6 is 15.8 Å². The first-order chi connectivity index (χ1) is 20.3. The zero-order valence-corrected chi connectivity index (χ0v) is 25.7. The largest absolute Gasteiger partial charge is 0.445 e. The Kier molecular flexibility index (Phi) is 9.17. The summed E-state index contributed by atoms with van der Waals surface area (Å²) in [5.41, 5.74) is 3.42. The fourth-order valence-electron chi connectivity index (χ4n) is 4.24. The number of nitrogens with one attached hydrogen (secondary N) is 1. The summed E-state index contributed by atoms with van der Waals surface area (Å²) in [5.74, 6) is 2.12. The SMILES string of the molecule is Cc1ccc(C(C)(C)c2ccc(O/[PH](=N\P(=N)(Oc3ccccc3)Oc3ccccc3)Oc3ccccc3)cc2)cc1. The minimum absolute atomic E-state index is 0.195. The number of hydrogen-bond acceptors (Lipinski definition) is 5. The minimum atomic E-state index is -3.65. The van der Waals surface area contributed by atoms with Crippen molar-refractivity contribution >= 4 is 15.8 Å². The van der Waals surface area contributed by atoms with E-state index in [4.69, 9.17) is 22.6 Å². The number of benzene rings is 5. The molecule has 1 atom stereocenters. The second kappa shape index (κ2) is 13.2. The lowest BCUT2D eigenvalue weighted by atomic mass is 9.78. The van der Waals surface area contributed by atoms with Crippen LogP contribution in [0.1, 0.15) is 30.5 Å². The molecule has 5 rings (SSSR count). The molecular weight excluding hydrogens is 562 g/mol. The first kappa shape index (κ1) is 29.3. The van der Waals surface area contributed by atoms with Crippen molar-refractivity contribution in [1.82, 2.24) is 0 Å². The predicted molar refractivity (Wildman–Crippen MR) is 172 cm³/mol. The maximum Gasteiger partial charge on any atom is 0.445 e. The third kappa shape index (κ3) is 7.73. The highest BCUT2D eigenvalue weighted by molar-refractivity contribution is 7.60. The van der Waals surface area contributed by atoms with Gasteiger partial charge in [-0.2, -0.15) is 0 Å². The van der Waals surface area contributed by atoms with Crippen LogP contribution in [0.3, 0.4) is 0 Å². The van der Waals surface area contributed by atoms with Crippen molar-refractivity contribution in [1.29, 1.82) is 5.16 Å². The van der Waals surface area contributed by atoms with Crippen molar-refractivity contribution in [2.24, 2.45) is 4.52 Å². The van der Waals surface area contributed by atoms with E-state index in [1.165, 1.54) is 11.1 Å². The van der Waals surface area contributed by atoms with Gasteiger partial charge in [0.05, 0.1) is 0 Å². The smallest absolute Gasteiger partial charge is 0.432 e. The molecule has 5 aromatic rings. The maximum atomic E-state index is 9.25. The summed E-state index contributed by atoms with van der Waals surface area (Å²) in [7, 11) is -6.16. The van der Waals surface area contributed by atoms with E-state index < -0.39 is 15.8 Å². The Hall–Kier alpha value is -4.24. The van der Waals surface area contributed by atoms with E-state index in [0.29, 0.717) is 23.0 Å². The van der Waals surface area contributed by atoms with Gasteiger partial charge in [-0.05, 0) is 66.6 Å². The van der Waals surface area contributed by atoms with Crippen molar-refractivity contribution in [3.8, 4) is 23.0 Å². The lowest BCUT2D eigenvalue weighted by molar-refractivity contribution is 0.466. The van der Waals surface area contributed by atoms with Crippen molar-refractivity contribution in [2.45, 2.75) is 26.2 Å². The zero-order chi connectivity index (χ0) is 29.4. The van der Waals surface area contributed by atoms with E-state index >= 15 is 0 Å². The maximum absolute atomic E-state index is 9.25. The van der Waals surface area contributed by atoms with Gasteiger partial charge in [-0.1, -0.05) is 110 Å². The van der Waals surface area contributed by atoms with Crippen molar-refractivity contribution in [3.05, 3.63) is 156 Å². The molecule has 0 aliphatic carbocycles. The normalized spacial score (nSPS) is 12.4. The molecule has 0 saturated carbocycles. The van der Waals surface area contributed by atoms with Gasteiger partial charge in [0.2, 0.25) is 0 Å². The van der Waals surface area contributed by atoms with E-state index in [1.54, 1.807) is 24.3 Å². The molecule has 1 N–H and O–H groups in total. The third-order valence-corrected chi connectivity index (χ3v) is 10.1. The van der Waals surface area contributed by atoms with Crippen molar-refractivity contribution in [2.75, 3.05) is 0 Å². The Balaban J connectivity index is 1.47. The average Bonchev–Trinajstić information content (AvgIpc) is 2.99. The standard InChI is InChI=1S/C34H34N2O4P2/c1-27-19-21-28(22-20-27)34(2,3)29-23-25-31(26-24-29)38-41(37-30-13-7-4-8-14-30)36-42(35,39-32-15-9-5-10-16-32)40-33-17-11-6-12-18-33/h4-26,35,41H,1-3H3. The summed E-state index contributed by atoms with van der Waals surface area (Å²) in [4.78, 5) is 0. The third-order valence-electron chi connectivity index (χ3n) is 6.66. The van der Waals surface area contributed by atoms with E-state index in [1.807, 2.05) is 78.9 Å². The number of hydrogen-bond donors (Lipinski definition) is 1. The van der Waals surface area contributed by atoms with Crippen LogP contribution in [0.5, 0.6) is 23.0 Å². The Bertz CT molecular complexity index is 1620. The highest BCUT2D eigenvalue weighted by Gasteiger charge is 2.26. The van der Waals surface area contributed by atoms with Crippen LogP contribution in [0.25, 0.3) is 0 Å². The van der Waals surface area contributed by atoms with E-state index in [-0.39, 0.29) is 5.41 Å². The van der Waals surface area contributed by atoms with Crippen LogP contribution in [0, 0.1) is 12.1 Å². The Morgan fingerprint density at radius 2 is 0.929 bits per heavy atom. The molecular formula is C34H34N2O4P2. The molecule has 0 fully saturated rings. The molecule has 5 aromatic carbocycles. The van der Waals surface area contributed by atoms with Crippen LogP contribution in [0.2, 0.25) is 0 Å². The van der Waals surface area contributed by atoms with Crippen LogP contribution in [-0.2, 0) is 5.41 Å². The van der Waals surface area contributed by atoms with Gasteiger partial charge >= 0.3 is 15.8 Å². The molecule has 1 unspecified atom stereocenters. The molecule has 0 aliphatic heterocycles. The molecule has 6 nitrogen and oxygen atoms in total. The Morgan fingerprint density at radius 3 is 1.38 bits per heavy atom. The Labute approximate surface area is 248 Å². The summed E-state index contributed by atoms with van der Waals surface area (Å²) in [6.07, 6.45) is 0. The van der Waals surface area contributed by atoms with Crippen LogP contribution in [0.4, 0.5) is 0 Å². The topological polar surface area (TPSA) is 73.1 Å². The average molecular weight is 597 g/mol. The Morgan fingerprint density at radius 1 is 0.548 bits per heavy atom. The fourth-order valence-corrected chi connectivity index (χ4v) is 7.33. The first-order valence-corrected chi connectivity index (χ1v) is 16.5. The quantitative estimate of drug-likeness (QED) is 0.154. The number of para-hydroxylation sites is 3.